The fraction of sp³-hybridized carbons (Fsp3) is 0.267. The maximum atomic E-state index is 14.6. The first-order valence-corrected chi connectivity index (χ1v) is 13.5. The highest BCUT2D eigenvalue weighted by molar-refractivity contribution is 6.13. The third-order valence-corrected chi connectivity index (χ3v) is 7.09. The lowest BCUT2D eigenvalue weighted by Crippen LogP contribution is -2.30. The highest BCUT2D eigenvalue weighted by atomic mass is 19.4. The van der Waals surface area contributed by atoms with Gasteiger partial charge in [0.2, 0.25) is 0 Å². The van der Waals surface area contributed by atoms with Crippen LogP contribution in [0.25, 0.3) is 10.9 Å². The predicted octanol–water partition coefficient (Wildman–Crippen LogP) is 5.86. The number of piperidine rings is 1. The van der Waals surface area contributed by atoms with Gasteiger partial charge in [-0.25, -0.2) is 4.39 Å². The summed E-state index contributed by atoms with van der Waals surface area (Å²) in [4.78, 5) is 40.0. The molecule has 9 nitrogen and oxygen atoms in total. The highest BCUT2D eigenvalue weighted by Crippen LogP contribution is 2.32. The first kappa shape index (κ1) is 29.5. The topological polar surface area (TPSA) is 117 Å². The van der Waals surface area contributed by atoms with E-state index in [0.717, 1.165) is 30.0 Å². The number of rotatable bonds is 8. The number of carboxylic acid groups (broad SMARTS) is 1. The van der Waals surface area contributed by atoms with Gasteiger partial charge >= 0.3 is 12.1 Å². The van der Waals surface area contributed by atoms with Crippen LogP contribution in [0.3, 0.4) is 0 Å². The van der Waals surface area contributed by atoms with Gasteiger partial charge in [-0.05, 0) is 55.2 Å². The van der Waals surface area contributed by atoms with Gasteiger partial charge in [0, 0.05) is 24.0 Å². The number of anilines is 3. The van der Waals surface area contributed by atoms with Crippen LogP contribution in [0.2, 0.25) is 0 Å². The fourth-order valence-corrected chi connectivity index (χ4v) is 5.16. The van der Waals surface area contributed by atoms with Crippen molar-refractivity contribution < 1.29 is 37.1 Å². The third-order valence-electron chi connectivity index (χ3n) is 7.09. The van der Waals surface area contributed by atoms with Crippen molar-refractivity contribution in [2.75, 3.05) is 28.6 Å². The molecule has 0 atom stereocenters. The van der Waals surface area contributed by atoms with Gasteiger partial charge in [0.15, 0.2) is 5.69 Å². The number of amides is 2. The first-order valence-electron chi connectivity index (χ1n) is 13.5. The maximum absolute atomic E-state index is 14.6. The second kappa shape index (κ2) is 12.1. The Bertz CT molecular complexity index is 1700. The number of hydrogen-bond donors (Lipinski definition) is 3. The molecule has 0 bridgehead atoms. The minimum Gasteiger partial charge on any atom is -0.481 e. The van der Waals surface area contributed by atoms with Crippen molar-refractivity contribution in [3.8, 4) is 0 Å². The Kier molecular flexibility index (Phi) is 8.33. The van der Waals surface area contributed by atoms with Crippen molar-refractivity contribution >= 4 is 45.7 Å². The Balaban J connectivity index is 1.49. The molecule has 4 aromatic rings. The van der Waals surface area contributed by atoms with E-state index >= 15 is 0 Å². The number of fused-ring (bicyclic) bond motifs is 1. The van der Waals surface area contributed by atoms with E-state index in [0.29, 0.717) is 18.8 Å². The summed E-state index contributed by atoms with van der Waals surface area (Å²) in [6, 6.07) is 14.4. The van der Waals surface area contributed by atoms with E-state index in [1.807, 2.05) is 4.90 Å². The molecule has 0 spiro atoms. The highest BCUT2D eigenvalue weighted by Gasteiger charge is 2.31. The Morgan fingerprint density at radius 2 is 1.65 bits per heavy atom. The maximum Gasteiger partial charge on any atom is 0.408 e. The standard InChI is InChI=1S/C30H27F4N5O4/c31-21-9-6-7-18(16-25(40)41)26(21)36-28(42)19-11-12-24(38-13-4-1-5-14-38)22(15-19)35-29(43)27-20-8-2-3-10-23(20)39(37-27)17-30(32,33)34/h2-3,6-12,15H,1,4-5,13-14,16-17H2,(H,35,43)(H,36,42)(H,40,41). The van der Waals surface area contributed by atoms with Crippen LogP contribution in [0.1, 0.15) is 45.7 Å². The average molecular weight is 598 g/mol. The molecular weight excluding hydrogens is 570 g/mol. The molecular formula is C30H27F4N5O4. The lowest BCUT2D eigenvalue weighted by atomic mass is 10.1. The summed E-state index contributed by atoms with van der Waals surface area (Å²) in [5.74, 6) is -3.54. The summed E-state index contributed by atoms with van der Waals surface area (Å²) >= 11 is 0. The van der Waals surface area contributed by atoms with Crippen LogP contribution in [0.4, 0.5) is 34.6 Å². The van der Waals surface area contributed by atoms with Crippen LogP contribution in [-0.4, -0.2) is 51.9 Å². The van der Waals surface area contributed by atoms with Gasteiger partial charge in [0.25, 0.3) is 11.8 Å². The molecule has 13 heteroatoms. The monoisotopic (exact) mass is 597 g/mol. The summed E-state index contributed by atoms with van der Waals surface area (Å²) in [6.07, 6.45) is -2.24. The SMILES string of the molecule is O=C(O)Cc1cccc(F)c1NC(=O)c1ccc(N2CCCCC2)c(NC(=O)c2nn(CC(F)(F)F)c3ccccc23)c1. The normalized spacial score (nSPS) is 13.6. The minimum absolute atomic E-state index is 0.0352. The number of nitrogens with one attached hydrogen (secondary N) is 2. The lowest BCUT2D eigenvalue weighted by Gasteiger charge is -2.30. The number of aliphatic carboxylic acids is 1. The molecule has 1 aliphatic heterocycles. The van der Waals surface area contributed by atoms with Crippen LogP contribution in [0, 0.1) is 5.82 Å². The molecule has 5 rings (SSSR count). The Hall–Kier alpha value is -4.94. The van der Waals surface area contributed by atoms with E-state index in [4.69, 9.17) is 0 Å². The van der Waals surface area contributed by atoms with E-state index in [1.165, 1.54) is 36.4 Å². The van der Waals surface area contributed by atoms with Gasteiger partial charge in [-0.1, -0.05) is 30.3 Å². The number of para-hydroxylation sites is 2. The van der Waals surface area contributed by atoms with Crippen LogP contribution in [-0.2, 0) is 17.8 Å². The Morgan fingerprint density at radius 3 is 2.37 bits per heavy atom. The number of halogens is 4. The second-order valence-corrected chi connectivity index (χ2v) is 10.2. The molecule has 0 unspecified atom stereocenters. The molecule has 2 heterocycles. The minimum atomic E-state index is -4.56. The smallest absolute Gasteiger partial charge is 0.408 e. The summed E-state index contributed by atoms with van der Waals surface area (Å²) in [7, 11) is 0. The molecule has 3 aromatic carbocycles. The number of carbonyl (C=O) groups is 3. The molecule has 0 saturated carbocycles. The fourth-order valence-electron chi connectivity index (χ4n) is 5.16. The lowest BCUT2D eigenvalue weighted by molar-refractivity contribution is -0.142. The number of hydrogen-bond acceptors (Lipinski definition) is 5. The summed E-state index contributed by atoms with van der Waals surface area (Å²) in [5, 5.41) is 18.5. The molecule has 1 fully saturated rings. The van der Waals surface area contributed by atoms with Gasteiger partial charge in [-0.2, -0.15) is 18.3 Å². The average Bonchev–Trinajstić information content (AvgIpc) is 3.32. The van der Waals surface area contributed by atoms with E-state index in [9.17, 15) is 37.1 Å². The number of aromatic nitrogens is 2. The van der Waals surface area contributed by atoms with Crippen LogP contribution in [0.15, 0.2) is 60.7 Å². The van der Waals surface area contributed by atoms with Crippen LogP contribution >= 0.6 is 0 Å². The van der Waals surface area contributed by atoms with Gasteiger partial charge in [-0.3, -0.25) is 19.1 Å². The van der Waals surface area contributed by atoms with Crippen molar-refractivity contribution in [1.29, 1.82) is 0 Å². The van der Waals surface area contributed by atoms with Crippen molar-refractivity contribution in [1.82, 2.24) is 9.78 Å². The van der Waals surface area contributed by atoms with Gasteiger partial charge in [-0.15, -0.1) is 0 Å². The largest absolute Gasteiger partial charge is 0.481 e. The van der Waals surface area contributed by atoms with E-state index in [-0.39, 0.29) is 39.1 Å². The molecule has 224 valence electrons. The zero-order chi connectivity index (χ0) is 30.7. The zero-order valence-corrected chi connectivity index (χ0v) is 22.7. The summed E-state index contributed by atoms with van der Waals surface area (Å²) in [6.45, 7) is -0.00789. The van der Waals surface area contributed by atoms with Gasteiger partial charge in [0.05, 0.1) is 29.0 Å². The molecule has 1 saturated heterocycles. The quantitative estimate of drug-likeness (QED) is 0.219. The summed E-state index contributed by atoms with van der Waals surface area (Å²) in [5.41, 5.74) is 0.561. The zero-order valence-electron chi connectivity index (χ0n) is 22.7. The third kappa shape index (κ3) is 6.76. The van der Waals surface area contributed by atoms with Crippen LogP contribution < -0.4 is 15.5 Å². The molecule has 0 aliphatic carbocycles. The first-order chi connectivity index (χ1) is 20.5. The molecule has 3 N–H and O–H groups in total. The predicted molar refractivity (Wildman–Crippen MR) is 152 cm³/mol. The Labute approximate surface area is 243 Å². The Morgan fingerprint density at radius 1 is 0.907 bits per heavy atom. The summed E-state index contributed by atoms with van der Waals surface area (Å²) < 4.78 is 55.0. The van der Waals surface area contributed by atoms with Crippen LogP contribution in [0.5, 0.6) is 0 Å². The van der Waals surface area contributed by atoms with E-state index in [1.54, 1.807) is 18.2 Å². The van der Waals surface area contributed by atoms with Gasteiger partial charge in [0.1, 0.15) is 12.4 Å². The van der Waals surface area contributed by atoms with Crippen molar-refractivity contribution in [2.45, 2.75) is 38.4 Å². The number of carboxylic acids is 1. The number of alkyl halides is 3. The number of benzene rings is 3. The van der Waals surface area contributed by atoms with Gasteiger partial charge < -0.3 is 20.6 Å². The van der Waals surface area contributed by atoms with Crippen molar-refractivity contribution in [3.63, 3.8) is 0 Å². The molecule has 1 aliphatic rings. The van der Waals surface area contributed by atoms with E-state index < -0.39 is 42.7 Å². The van der Waals surface area contributed by atoms with Crippen molar-refractivity contribution in [3.05, 3.63) is 83.3 Å². The number of carbonyl (C=O) groups excluding carboxylic acids is 2. The number of nitrogens with zero attached hydrogens (tertiary/aromatic N) is 3. The van der Waals surface area contributed by atoms with E-state index in [2.05, 4.69) is 15.7 Å². The van der Waals surface area contributed by atoms with Crippen molar-refractivity contribution in [2.24, 2.45) is 0 Å². The molecule has 43 heavy (non-hydrogen) atoms. The second-order valence-electron chi connectivity index (χ2n) is 10.2. The molecule has 2 amide bonds. The molecule has 1 aromatic heterocycles. The molecule has 0 radical (unpaired) electrons.